The summed E-state index contributed by atoms with van der Waals surface area (Å²) in [6.45, 7) is 2.33. The predicted octanol–water partition coefficient (Wildman–Crippen LogP) is 6.94. The number of hydrogen-bond donors (Lipinski definition) is 1. The zero-order valence-electron chi connectivity index (χ0n) is 19.1. The molecule has 2 fully saturated rings. The number of benzene rings is 1. The van der Waals surface area contributed by atoms with Gasteiger partial charge in [-0.3, -0.25) is 9.69 Å². The van der Waals surface area contributed by atoms with Crippen molar-refractivity contribution in [2.75, 3.05) is 13.1 Å². The Balaban J connectivity index is 1.11. The van der Waals surface area contributed by atoms with E-state index in [1.54, 1.807) is 24.3 Å². The standard InChI is InChI=1S/C28H33ClN2O2/c29-24-11-9-21(10-12-24)28(32)30-25-13-7-20(8-14-25)15-17-31-16-2-1-5-26(31)23-18-22-4-3-6-27(22)33-19-23/h3-4,6,9-12,18-20,25-26H,1-2,5,7-8,13-17H2,(H,30,32)/t20-,25-,26?. The van der Waals surface area contributed by atoms with Gasteiger partial charge >= 0.3 is 0 Å². The van der Waals surface area contributed by atoms with Crippen LogP contribution in [0.4, 0.5) is 0 Å². The average Bonchev–Trinajstić information content (AvgIpc) is 3.32. The number of piperidine rings is 1. The van der Waals surface area contributed by atoms with Crippen LogP contribution >= 0.6 is 11.6 Å². The van der Waals surface area contributed by atoms with Gasteiger partial charge in [-0.15, -0.1) is 0 Å². The zero-order chi connectivity index (χ0) is 22.6. The minimum Gasteiger partial charge on any atom is -0.464 e. The lowest BCUT2D eigenvalue weighted by molar-refractivity contribution is 0.0915. The number of nitrogens with one attached hydrogen (secondary N) is 1. The van der Waals surface area contributed by atoms with Crippen molar-refractivity contribution in [3.8, 4) is 11.3 Å². The number of nitrogens with zero attached hydrogens (tertiary/aromatic N) is 1. The molecule has 174 valence electrons. The van der Waals surface area contributed by atoms with Crippen LogP contribution in [0.2, 0.25) is 5.02 Å². The van der Waals surface area contributed by atoms with E-state index in [9.17, 15) is 4.79 Å². The van der Waals surface area contributed by atoms with Crippen molar-refractivity contribution in [3.05, 3.63) is 70.9 Å². The molecule has 1 amide bonds. The third kappa shape index (κ3) is 5.44. The monoisotopic (exact) mass is 464 g/mol. The summed E-state index contributed by atoms with van der Waals surface area (Å²) in [5, 5.41) is 3.88. The summed E-state index contributed by atoms with van der Waals surface area (Å²) in [7, 11) is 0. The van der Waals surface area contributed by atoms with Crippen LogP contribution in [0.5, 0.6) is 0 Å². The lowest BCUT2D eigenvalue weighted by Gasteiger charge is -2.37. The Morgan fingerprint density at radius 3 is 2.67 bits per heavy atom. The zero-order valence-corrected chi connectivity index (χ0v) is 19.9. The molecule has 1 aromatic carbocycles. The number of carbonyl (C=O) groups excluding carboxylic acids is 1. The largest absolute Gasteiger partial charge is 0.464 e. The van der Waals surface area contributed by atoms with Crippen LogP contribution in [-0.2, 0) is 0 Å². The van der Waals surface area contributed by atoms with Gasteiger partial charge in [-0.1, -0.05) is 30.2 Å². The van der Waals surface area contributed by atoms with Crippen LogP contribution in [0.1, 0.15) is 73.3 Å². The Morgan fingerprint density at radius 2 is 1.85 bits per heavy atom. The van der Waals surface area contributed by atoms with Crippen molar-refractivity contribution in [2.45, 2.75) is 63.5 Å². The van der Waals surface area contributed by atoms with Crippen molar-refractivity contribution in [3.63, 3.8) is 0 Å². The fourth-order valence-corrected chi connectivity index (χ4v) is 5.74. The minimum atomic E-state index is 0.0125. The van der Waals surface area contributed by atoms with Gasteiger partial charge in [0, 0.05) is 33.8 Å². The summed E-state index contributed by atoms with van der Waals surface area (Å²) in [5.41, 5.74) is 3.21. The molecule has 1 atom stereocenters. The molecule has 1 saturated heterocycles. The molecule has 5 heteroatoms. The molecule has 2 aliphatic heterocycles. The number of rotatable bonds is 6. The van der Waals surface area contributed by atoms with E-state index in [1.165, 1.54) is 56.2 Å². The Bertz CT molecular complexity index is 1020. The number of halogens is 1. The van der Waals surface area contributed by atoms with E-state index >= 15 is 0 Å². The molecular weight excluding hydrogens is 432 g/mol. The molecule has 0 aromatic heterocycles. The summed E-state index contributed by atoms with van der Waals surface area (Å²) in [6, 6.07) is 16.4. The Kier molecular flexibility index (Phi) is 7.03. The fraction of sp³-hybridized carbons (Fsp3) is 0.464. The SMILES string of the molecule is O=C(N[C@H]1CC[C@H](CCN2CCCCC2c2coc3cccc-3c2)CC1)c1ccc(Cl)cc1. The summed E-state index contributed by atoms with van der Waals surface area (Å²) < 4.78 is 5.89. The summed E-state index contributed by atoms with van der Waals surface area (Å²) in [6.07, 6.45) is 11.5. The van der Waals surface area contributed by atoms with Crippen LogP contribution in [0.25, 0.3) is 11.3 Å². The van der Waals surface area contributed by atoms with Crippen LogP contribution in [0.15, 0.2) is 59.2 Å². The molecule has 0 spiro atoms. The smallest absolute Gasteiger partial charge is 0.251 e. The first kappa shape index (κ1) is 22.5. The predicted molar refractivity (Wildman–Crippen MR) is 133 cm³/mol. The molecule has 1 saturated carbocycles. The summed E-state index contributed by atoms with van der Waals surface area (Å²) in [4.78, 5) is 15.2. The van der Waals surface area contributed by atoms with Gasteiger partial charge in [0.25, 0.3) is 5.91 Å². The molecule has 1 N–H and O–H groups in total. The van der Waals surface area contributed by atoms with E-state index in [0.717, 1.165) is 31.1 Å². The highest BCUT2D eigenvalue weighted by Gasteiger charge is 2.28. The second-order valence-electron chi connectivity index (χ2n) is 9.76. The van der Waals surface area contributed by atoms with Gasteiger partial charge in [-0.05, 0) is 100 Å². The first-order valence-electron chi connectivity index (χ1n) is 12.4. The molecule has 0 bridgehead atoms. The molecule has 2 heterocycles. The van der Waals surface area contributed by atoms with Crippen molar-refractivity contribution in [1.82, 2.24) is 10.2 Å². The maximum Gasteiger partial charge on any atom is 0.251 e. The van der Waals surface area contributed by atoms with Crippen LogP contribution in [0, 0.1) is 5.92 Å². The first-order valence-corrected chi connectivity index (χ1v) is 12.8. The van der Waals surface area contributed by atoms with Crippen molar-refractivity contribution in [1.29, 1.82) is 0 Å². The average molecular weight is 465 g/mol. The maximum atomic E-state index is 12.5. The Hall–Kier alpha value is -2.30. The van der Waals surface area contributed by atoms with Gasteiger partial charge in [-0.2, -0.15) is 0 Å². The second-order valence-corrected chi connectivity index (χ2v) is 10.2. The normalized spacial score (nSPS) is 24.1. The third-order valence-corrected chi connectivity index (χ3v) is 7.82. The number of hydrogen-bond acceptors (Lipinski definition) is 3. The first-order chi connectivity index (χ1) is 16.2. The Morgan fingerprint density at radius 1 is 1.03 bits per heavy atom. The van der Waals surface area contributed by atoms with E-state index in [0.29, 0.717) is 16.6 Å². The minimum absolute atomic E-state index is 0.0125. The van der Waals surface area contributed by atoms with Crippen molar-refractivity contribution < 1.29 is 9.21 Å². The van der Waals surface area contributed by atoms with Crippen LogP contribution in [-0.4, -0.2) is 29.9 Å². The molecule has 1 unspecified atom stereocenters. The van der Waals surface area contributed by atoms with Gasteiger partial charge < -0.3 is 9.73 Å². The molecule has 5 rings (SSSR count). The number of likely N-dealkylation sites (tertiary alicyclic amines) is 1. The van der Waals surface area contributed by atoms with Gasteiger partial charge in [0.1, 0.15) is 5.76 Å². The second kappa shape index (κ2) is 10.3. The van der Waals surface area contributed by atoms with E-state index in [4.69, 9.17) is 16.0 Å². The molecule has 0 radical (unpaired) electrons. The van der Waals surface area contributed by atoms with Crippen molar-refractivity contribution in [2.24, 2.45) is 5.92 Å². The summed E-state index contributed by atoms with van der Waals surface area (Å²) >= 11 is 5.93. The molecule has 2 aliphatic carbocycles. The van der Waals surface area contributed by atoms with Crippen LogP contribution < -0.4 is 5.32 Å². The van der Waals surface area contributed by atoms with Crippen molar-refractivity contribution >= 4 is 17.5 Å². The van der Waals surface area contributed by atoms with E-state index in [1.807, 2.05) is 12.3 Å². The van der Waals surface area contributed by atoms with Gasteiger partial charge in [0.2, 0.25) is 0 Å². The van der Waals surface area contributed by atoms with Crippen LogP contribution in [0.3, 0.4) is 0 Å². The van der Waals surface area contributed by atoms with E-state index in [2.05, 4.69) is 28.4 Å². The van der Waals surface area contributed by atoms with E-state index in [-0.39, 0.29) is 11.9 Å². The maximum absolute atomic E-state index is 12.5. The molecule has 1 aromatic rings. The van der Waals surface area contributed by atoms with Gasteiger partial charge in [0.15, 0.2) is 0 Å². The van der Waals surface area contributed by atoms with E-state index < -0.39 is 0 Å². The highest BCUT2D eigenvalue weighted by molar-refractivity contribution is 6.30. The molecule has 33 heavy (non-hydrogen) atoms. The number of carbonyl (C=O) groups is 1. The number of fused-ring (bicyclic) bond motifs is 1. The topological polar surface area (TPSA) is 45.5 Å². The fourth-order valence-electron chi connectivity index (χ4n) is 5.61. The Labute approximate surface area is 201 Å². The molecular formula is C28H33ClN2O2. The lowest BCUT2D eigenvalue weighted by Crippen LogP contribution is -2.39. The highest BCUT2D eigenvalue weighted by Crippen LogP contribution is 2.36. The summed E-state index contributed by atoms with van der Waals surface area (Å²) in [5.74, 6) is 1.73. The quantitative estimate of drug-likeness (QED) is 0.429. The number of amides is 1. The molecule has 4 aliphatic rings. The third-order valence-electron chi connectivity index (χ3n) is 7.56. The van der Waals surface area contributed by atoms with Gasteiger partial charge in [-0.25, -0.2) is 0 Å². The molecule has 4 nitrogen and oxygen atoms in total. The highest BCUT2D eigenvalue weighted by atomic mass is 35.5. The van der Waals surface area contributed by atoms with Gasteiger partial charge in [0.05, 0.1) is 6.26 Å². The lowest BCUT2D eigenvalue weighted by atomic mass is 9.83.